The van der Waals surface area contributed by atoms with Crippen LogP contribution >= 0.6 is 47.4 Å². The molecule has 7 rings (SSSR count). The number of benzene rings is 2. The zero-order chi connectivity index (χ0) is 54.4. The molecular formula is C45H56Cl2N9O16P3. The van der Waals surface area contributed by atoms with Crippen LogP contribution in [0.2, 0.25) is 10.0 Å². The Kier molecular flexibility index (Phi) is 19.3. The molecule has 5 heterocycles. The van der Waals surface area contributed by atoms with E-state index in [2.05, 4.69) is 31.3 Å². The van der Waals surface area contributed by atoms with Gasteiger partial charge in [0, 0.05) is 42.6 Å². The molecule has 0 aliphatic carbocycles. The number of phosphoric ester groups is 2. The van der Waals surface area contributed by atoms with Gasteiger partial charge in [-0.2, -0.15) is 10.2 Å². The predicted octanol–water partition coefficient (Wildman–Crippen LogP) is 7.90. The van der Waals surface area contributed by atoms with E-state index in [1.165, 1.54) is 54.3 Å². The summed E-state index contributed by atoms with van der Waals surface area (Å²) >= 11 is 12.7. The van der Waals surface area contributed by atoms with E-state index in [0.29, 0.717) is 0 Å². The normalized spacial score (nSPS) is 21.9. The summed E-state index contributed by atoms with van der Waals surface area (Å²) in [5, 5.41) is 12.0. The lowest BCUT2D eigenvalue weighted by Crippen LogP contribution is -2.36. The van der Waals surface area contributed by atoms with Crippen molar-refractivity contribution in [1.82, 2.24) is 33.7 Å². The molecule has 406 valence electrons. The SMILES string of the molecule is Cc1cn([C@H]2C[C@H](OP(=O)(OC[C@H]3O[C@@H](n4cnc5c(=O)[nH]c(NC(=O)C(C)C)nc54)C[C@@H]3OP(OCCC#N)N(C(C)C)C(C)C)Oc3ccccc3Cl)[C@@H](COP(=O)(O)Oc3ccccc3Cl)O2)c(=O)[nH]c1=O. The largest absolute Gasteiger partial charge is 0.530 e. The van der Waals surface area contributed by atoms with Crippen molar-refractivity contribution in [3.8, 4) is 17.6 Å². The number of hydrogen-bond donors (Lipinski definition) is 4. The Hall–Kier alpha value is -4.86. The smallest absolute Gasteiger partial charge is 0.403 e. The number of aryl methyl sites for hydroxylation is 1. The number of nitrogens with one attached hydrogen (secondary N) is 3. The number of imidazole rings is 1. The summed E-state index contributed by atoms with van der Waals surface area (Å²) in [6, 6.07) is 13.7. The quantitative estimate of drug-likeness (QED) is 0.0337. The number of anilines is 1. The Balaban J connectivity index is 1.24. The Bertz CT molecular complexity index is 3140. The molecule has 0 bridgehead atoms. The molecule has 5 aromatic rings. The van der Waals surface area contributed by atoms with Crippen molar-refractivity contribution in [3.05, 3.63) is 108 Å². The predicted molar refractivity (Wildman–Crippen MR) is 273 cm³/mol. The lowest BCUT2D eigenvalue weighted by molar-refractivity contribution is -0.118. The number of fused-ring (bicyclic) bond motifs is 1. The summed E-state index contributed by atoms with van der Waals surface area (Å²) < 4.78 is 88.2. The fourth-order valence-electron chi connectivity index (χ4n) is 7.82. The number of nitriles is 1. The van der Waals surface area contributed by atoms with E-state index in [0.717, 1.165) is 4.57 Å². The number of hydrogen-bond acceptors (Lipinski definition) is 19. The summed E-state index contributed by atoms with van der Waals surface area (Å²) in [5.41, 5.74) is -2.06. The van der Waals surface area contributed by atoms with Crippen molar-refractivity contribution in [2.75, 3.05) is 25.1 Å². The molecular weight excluding hydrogens is 1090 g/mol. The first-order valence-corrected chi connectivity index (χ1v) is 28.3. The maximum atomic E-state index is 15.4. The lowest BCUT2D eigenvalue weighted by Gasteiger charge is -2.37. The average Bonchev–Trinajstić information content (AvgIpc) is 4.07. The lowest BCUT2D eigenvalue weighted by atomic mass is 10.2. The van der Waals surface area contributed by atoms with E-state index in [4.69, 9.17) is 64.3 Å². The average molecular weight is 1140 g/mol. The molecule has 2 aliphatic rings. The molecule has 2 saturated heterocycles. The first kappa shape index (κ1) is 57.8. The Morgan fingerprint density at radius 3 is 2.13 bits per heavy atom. The van der Waals surface area contributed by atoms with Gasteiger partial charge in [-0.3, -0.25) is 57.3 Å². The molecule has 25 nitrogen and oxygen atoms in total. The number of aromatic nitrogens is 6. The first-order valence-electron chi connectivity index (χ1n) is 23.5. The van der Waals surface area contributed by atoms with Gasteiger partial charge >= 0.3 is 21.3 Å². The fraction of sp³-hybridized carbons (Fsp3) is 0.489. The first-order chi connectivity index (χ1) is 35.5. The number of ether oxygens (including phenoxy) is 2. The molecule has 9 atom stereocenters. The highest BCUT2D eigenvalue weighted by Gasteiger charge is 2.48. The Morgan fingerprint density at radius 1 is 0.907 bits per heavy atom. The van der Waals surface area contributed by atoms with Crippen LogP contribution in [-0.2, 0) is 46.0 Å². The van der Waals surface area contributed by atoms with Gasteiger partial charge < -0.3 is 27.6 Å². The summed E-state index contributed by atoms with van der Waals surface area (Å²) in [7, 11) is -12.0. The van der Waals surface area contributed by atoms with Crippen molar-refractivity contribution in [2.24, 2.45) is 5.92 Å². The van der Waals surface area contributed by atoms with Crippen LogP contribution in [0.25, 0.3) is 11.2 Å². The van der Waals surface area contributed by atoms with Crippen molar-refractivity contribution in [3.63, 3.8) is 0 Å². The highest BCUT2D eigenvalue weighted by Crippen LogP contribution is 2.56. The third kappa shape index (κ3) is 14.6. The number of aromatic amines is 2. The monoisotopic (exact) mass is 1140 g/mol. The number of halogens is 2. The molecule has 1 amide bonds. The minimum atomic E-state index is -5.04. The van der Waals surface area contributed by atoms with E-state index >= 15 is 4.57 Å². The minimum absolute atomic E-state index is 0.00185. The standard InChI is InChI=1S/C45H56Cl2N9O16P3/c1-25(2)41(57)51-44-50-40-39(43(59)52-44)49-24-55(40)38-19-33(69-73(64-18-12-17-48)56(26(3)4)27(5)6)35(67-38)23-66-75(63,71-32-16-11-9-14-30(32)47)72-34-20-37(54-21-28(7)42(58)53-45(54)60)68-36(34)22-65-74(61,62)70-31-15-10-8-13-29(31)46/h8-11,13-16,21,24-27,33-38H,12,18-20,22-23H2,1-7H3,(H,61,62)(H,53,58,60)(H2,50,51,52,57,59)/t33-,34-,35+,36+,37+,38+,73?,75?/m0/s1. The van der Waals surface area contributed by atoms with Crippen molar-refractivity contribution >= 4 is 70.4 Å². The Morgan fingerprint density at radius 2 is 1.51 bits per heavy atom. The van der Waals surface area contributed by atoms with E-state index in [-0.39, 0.29) is 82.2 Å². The number of nitrogens with zero attached hydrogens (tertiary/aromatic N) is 6. The maximum absolute atomic E-state index is 15.4. The van der Waals surface area contributed by atoms with Crippen LogP contribution < -0.4 is 31.2 Å². The van der Waals surface area contributed by atoms with Gasteiger partial charge in [-0.25, -0.2) is 23.6 Å². The van der Waals surface area contributed by atoms with E-state index in [1.54, 1.807) is 32.0 Å². The second-order valence-corrected chi connectivity index (χ2v) is 23.1. The van der Waals surface area contributed by atoms with Crippen LogP contribution in [0.3, 0.4) is 0 Å². The van der Waals surface area contributed by atoms with Gasteiger partial charge in [0.1, 0.15) is 42.3 Å². The number of para-hydroxylation sites is 2. The van der Waals surface area contributed by atoms with Gasteiger partial charge in [-0.05, 0) is 58.9 Å². The Labute approximate surface area is 440 Å². The fourth-order valence-corrected chi connectivity index (χ4v) is 12.3. The molecule has 3 unspecified atom stereocenters. The van der Waals surface area contributed by atoms with E-state index in [9.17, 15) is 33.9 Å². The summed E-state index contributed by atoms with van der Waals surface area (Å²) in [6.07, 6.45) is -4.92. The summed E-state index contributed by atoms with van der Waals surface area (Å²) in [4.78, 5) is 75.8. The zero-order valence-electron chi connectivity index (χ0n) is 41.6. The molecule has 30 heteroatoms. The number of phosphoric acid groups is 2. The van der Waals surface area contributed by atoms with Crippen LogP contribution in [0.5, 0.6) is 11.5 Å². The molecule has 0 saturated carbocycles. The maximum Gasteiger partial charge on any atom is 0.530 e. The van der Waals surface area contributed by atoms with Gasteiger partial charge in [0.2, 0.25) is 11.9 Å². The number of carbonyl (C=O) groups is 1. The second kappa shape index (κ2) is 25.1. The van der Waals surface area contributed by atoms with Crippen LogP contribution in [-0.4, -0.2) is 101 Å². The second-order valence-electron chi connectivity index (χ2n) is 18.0. The third-order valence-electron chi connectivity index (χ3n) is 11.4. The summed E-state index contributed by atoms with van der Waals surface area (Å²) in [6.45, 7) is 11.2. The number of carbonyl (C=O) groups excluding carboxylic acids is 1. The van der Waals surface area contributed by atoms with Crippen LogP contribution in [0.15, 0.2) is 75.4 Å². The molecule has 2 aliphatic heterocycles. The highest BCUT2D eigenvalue weighted by molar-refractivity contribution is 7.49. The minimum Gasteiger partial charge on any atom is -0.403 e. The third-order valence-corrected chi connectivity index (χ3v) is 16.5. The van der Waals surface area contributed by atoms with E-state index in [1.807, 2.05) is 32.4 Å². The van der Waals surface area contributed by atoms with E-state index < -0.39 is 103 Å². The molecule has 0 spiro atoms. The highest BCUT2D eigenvalue weighted by atomic mass is 35.5. The molecule has 0 radical (unpaired) electrons. The molecule has 2 aromatic carbocycles. The van der Waals surface area contributed by atoms with Crippen molar-refractivity contribution < 1.29 is 60.0 Å². The topological polar surface area (TPSA) is 312 Å². The molecule has 4 N–H and O–H groups in total. The van der Waals surface area contributed by atoms with Gasteiger partial charge in [-0.1, -0.05) is 61.3 Å². The van der Waals surface area contributed by atoms with Gasteiger partial charge in [-0.15, -0.1) is 0 Å². The van der Waals surface area contributed by atoms with Gasteiger partial charge in [0.05, 0.1) is 54.8 Å². The van der Waals surface area contributed by atoms with Crippen LogP contribution in [0.4, 0.5) is 5.95 Å². The van der Waals surface area contributed by atoms with Crippen molar-refractivity contribution in [1.29, 1.82) is 5.26 Å². The van der Waals surface area contributed by atoms with Crippen molar-refractivity contribution in [2.45, 2.75) is 117 Å². The number of rotatable bonds is 24. The molecule has 2 fully saturated rings. The number of amides is 1. The van der Waals surface area contributed by atoms with Gasteiger partial charge in [0.25, 0.3) is 19.6 Å². The molecule has 3 aromatic heterocycles. The summed E-state index contributed by atoms with van der Waals surface area (Å²) in [5.74, 6) is -1.30. The zero-order valence-corrected chi connectivity index (χ0v) is 45.8. The van der Waals surface area contributed by atoms with Crippen LogP contribution in [0, 0.1) is 24.2 Å². The molecule has 75 heavy (non-hydrogen) atoms. The van der Waals surface area contributed by atoms with Gasteiger partial charge in [0.15, 0.2) is 11.2 Å². The number of H-pyrrole nitrogens is 2. The van der Waals surface area contributed by atoms with Crippen LogP contribution in [0.1, 0.15) is 78.8 Å².